The number of pyridine rings is 1. The van der Waals surface area contributed by atoms with Crippen molar-refractivity contribution in [2.45, 2.75) is 20.3 Å². The second kappa shape index (κ2) is 4.93. The first-order valence-corrected chi connectivity index (χ1v) is 7.24. The zero-order chi connectivity index (χ0) is 14.3. The van der Waals surface area contributed by atoms with Crippen LogP contribution in [0.3, 0.4) is 0 Å². The van der Waals surface area contributed by atoms with Crippen molar-refractivity contribution in [2.75, 3.05) is 13.1 Å². The minimum atomic E-state index is 0.102. The molecule has 0 saturated carbocycles. The maximum absolute atomic E-state index is 11.9. The van der Waals surface area contributed by atoms with Crippen molar-refractivity contribution in [3.05, 3.63) is 30.2 Å². The molecule has 4 heteroatoms. The van der Waals surface area contributed by atoms with Gasteiger partial charge in [0.25, 0.3) is 0 Å². The highest BCUT2D eigenvalue weighted by Gasteiger charge is 2.32. The third kappa shape index (κ3) is 2.19. The Morgan fingerprint density at radius 1 is 1.40 bits per heavy atom. The average molecular weight is 271 g/mol. The monoisotopic (exact) mass is 271 g/mol. The molecule has 1 fully saturated rings. The van der Waals surface area contributed by atoms with E-state index in [-0.39, 0.29) is 11.8 Å². The first kappa shape index (κ1) is 13.2. The second-order valence-electron chi connectivity index (χ2n) is 6.09. The van der Waals surface area contributed by atoms with E-state index >= 15 is 0 Å². The summed E-state index contributed by atoms with van der Waals surface area (Å²) in [6, 6.07) is 4.17. The molecule has 3 rings (SSSR count). The lowest BCUT2D eigenvalue weighted by Gasteiger charge is -2.40. The SMILES string of the molecule is CC(C)C(=O)N1CC(Cc2nccc3ccn(C)c23)C1. The number of aromatic nitrogens is 2. The van der Waals surface area contributed by atoms with E-state index in [0.717, 1.165) is 25.2 Å². The molecular weight excluding hydrogens is 250 g/mol. The maximum atomic E-state index is 11.9. The topological polar surface area (TPSA) is 38.1 Å². The number of nitrogens with zero attached hydrogens (tertiary/aromatic N) is 3. The molecule has 0 spiro atoms. The van der Waals surface area contributed by atoms with Gasteiger partial charge in [0.2, 0.25) is 5.91 Å². The van der Waals surface area contributed by atoms with Crippen LogP contribution in [0.5, 0.6) is 0 Å². The molecule has 0 N–H and O–H groups in total. The van der Waals surface area contributed by atoms with Gasteiger partial charge in [0.05, 0.1) is 11.2 Å². The summed E-state index contributed by atoms with van der Waals surface area (Å²) < 4.78 is 2.13. The van der Waals surface area contributed by atoms with E-state index in [4.69, 9.17) is 0 Å². The quantitative estimate of drug-likeness (QED) is 0.858. The number of aryl methyl sites for hydroxylation is 1. The molecule has 1 saturated heterocycles. The van der Waals surface area contributed by atoms with Crippen molar-refractivity contribution in [1.29, 1.82) is 0 Å². The highest BCUT2D eigenvalue weighted by Crippen LogP contribution is 2.25. The number of amides is 1. The normalized spacial score (nSPS) is 15.9. The Morgan fingerprint density at radius 2 is 2.15 bits per heavy atom. The van der Waals surface area contributed by atoms with Gasteiger partial charge in [-0.1, -0.05) is 13.8 Å². The summed E-state index contributed by atoms with van der Waals surface area (Å²) in [7, 11) is 2.06. The van der Waals surface area contributed by atoms with Crippen LogP contribution in [0.4, 0.5) is 0 Å². The van der Waals surface area contributed by atoms with E-state index in [0.29, 0.717) is 5.92 Å². The molecule has 3 heterocycles. The number of carbonyl (C=O) groups is 1. The molecule has 2 aromatic heterocycles. The Kier molecular flexibility index (Phi) is 3.24. The van der Waals surface area contributed by atoms with E-state index in [1.54, 1.807) is 0 Å². The number of hydrogen-bond acceptors (Lipinski definition) is 2. The second-order valence-corrected chi connectivity index (χ2v) is 6.09. The van der Waals surface area contributed by atoms with Crippen LogP contribution in [-0.2, 0) is 18.3 Å². The Labute approximate surface area is 119 Å². The molecule has 1 aliphatic heterocycles. The van der Waals surface area contributed by atoms with Gasteiger partial charge in [0.15, 0.2) is 0 Å². The molecule has 0 atom stereocenters. The lowest BCUT2D eigenvalue weighted by Crippen LogP contribution is -2.52. The number of fused-ring (bicyclic) bond motifs is 1. The first-order valence-electron chi connectivity index (χ1n) is 7.24. The predicted molar refractivity (Wildman–Crippen MR) is 79.3 cm³/mol. The van der Waals surface area contributed by atoms with Crippen LogP contribution in [0.2, 0.25) is 0 Å². The lowest BCUT2D eigenvalue weighted by atomic mass is 9.92. The number of rotatable bonds is 3. The van der Waals surface area contributed by atoms with Gasteiger partial charge < -0.3 is 9.47 Å². The summed E-state index contributed by atoms with van der Waals surface area (Å²) in [6.07, 6.45) is 4.91. The van der Waals surface area contributed by atoms with Crippen molar-refractivity contribution < 1.29 is 4.79 Å². The summed E-state index contributed by atoms with van der Waals surface area (Å²) in [5.74, 6) is 0.919. The van der Waals surface area contributed by atoms with Crippen LogP contribution in [0.25, 0.3) is 10.9 Å². The number of hydrogen-bond donors (Lipinski definition) is 0. The van der Waals surface area contributed by atoms with E-state index < -0.39 is 0 Å². The first-order chi connectivity index (χ1) is 9.56. The highest BCUT2D eigenvalue weighted by atomic mass is 16.2. The number of likely N-dealkylation sites (tertiary alicyclic amines) is 1. The standard InChI is InChI=1S/C16H21N3O/c1-11(2)16(20)19-9-12(10-19)8-14-15-13(4-6-17-14)5-7-18(15)3/h4-7,11-12H,8-10H2,1-3H3. The Balaban J connectivity index is 1.70. The molecule has 0 radical (unpaired) electrons. The van der Waals surface area contributed by atoms with E-state index in [2.05, 4.69) is 28.9 Å². The van der Waals surface area contributed by atoms with Crippen LogP contribution < -0.4 is 0 Å². The fourth-order valence-corrected chi connectivity index (χ4v) is 2.99. The maximum Gasteiger partial charge on any atom is 0.225 e. The largest absolute Gasteiger partial charge is 0.349 e. The van der Waals surface area contributed by atoms with Crippen LogP contribution >= 0.6 is 0 Å². The molecule has 20 heavy (non-hydrogen) atoms. The fraction of sp³-hybridized carbons (Fsp3) is 0.500. The highest BCUT2D eigenvalue weighted by molar-refractivity contribution is 5.82. The van der Waals surface area contributed by atoms with Gasteiger partial charge in [-0.05, 0) is 24.5 Å². The van der Waals surface area contributed by atoms with Crippen molar-refractivity contribution in [1.82, 2.24) is 14.5 Å². The van der Waals surface area contributed by atoms with Gasteiger partial charge in [0.1, 0.15) is 0 Å². The molecule has 2 aromatic rings. The summed E-state index contributed by atoms with van der Waals surface area (Å²) in [4.78, 5) is 18.4. The van der Waals surface area contributed by atoms with Crippen LogP contribution in [0.15, 0.2) is 24.5 Å². The zero-order valence-corrected chi connectivity index (χ0v) is 12.3. The third-order valence-corrected chi connectivity index (χ3v) is 4.11. The molecule has 0 aliphatic carbocycles. The summed E-state index contributed by atoms with van der Waals surface area (Å²) in [5.41, 5.74) is 2.37. The molecule has 0 aromatic carbocycles. The molecule has 4 nitrogen and oxygen atoms in total. The minimum absolute atomic E-state index is 0.102. The van der Waals surface area contributed by atoms with Crippen LogP contribution in [0.1, 0.15) is 19.5 Å². The van der Waals surface area contributed by atoms with Gasteiger partial charge in [-0.2, -0.15) is 0 Å². The minimum Gasteiger partial charge on any atom is -0.349 e. The molecule has 0 bridgehead atoms. The van der Waals surface area contributed by atoms with Gasteiger partial charge in [-0.25, -0.2) is 0 Å². The van der Waals surface area contributed by atoms with Gasteiger partial charge in [-0.15, -0.1) is 0 Å². The van der Waals surface area contributed by atoms with Crippen LogP contribution in [-0.4, -0.2) is 33.4 Å². The molecule has 0 unspecified atom stereocenters. The van der Waals surface area contributed by atoms with Crippen molar-refractivity contribution in [3.63, 3.8) is 0 Å². The van der Waals surface area contributed by atoms with Crippen molar-refractivity contribution >= 4 is 16.8 Å². The summed E-state index contributed by atoms with van der Waals surface area (Å²) in [5, 5.41) is 1.24. The van der Waals surface area contributed by atoms with Crippen molar-refractivity contribution in [3.8, 4) is 0 Å². The van der Waals surface area contributed by atoms with E-state index in [1.165, 1.54) is 10.9 Å². The number of carbonyl (C=O) groups excluding carboxylic acids is 1. The van der Waals surface area contributed by atoms with Crippen molar-refractivity contribution in [2.24, 2.45) is 18.9 Å². The Morgan fingerprint density at radius 3 is 2.85 bits per heavy atom. The van der Waals surface area contributed by atoms with Gasteiger partial charge >= 0.3 is 0 Å². The summed E-state index contributed by atoms with van der Waals surface area (Å²) in [6.45, 7) is 5.67. The van der Waals surface area contributed by atoms with E-state index in [9.17, 15) is 4.79 Å². The molecular formula is C16H21N3O. The van der Waals surface area contributed by atoms with Gasteiger partial charge in [0, 0.05) is 43.8 Å². The van der Waals surface area contributed by atoms with E-state index in [1.807, 2.05) is 31.0 Å². The molecule has 106 valence electrons. The summed E-state index contributed by atoms with van der Waals surface area (Å²) >= 11 is 0. The van der Waals surface area contributed by atoms with Gasteiger partial charge in [-0.3, -0.25) is 9.78 Å². The Hall–Kier alpha value is -1.84. The lowest BCUT2D eigenvalue weighted by molar-refractivity contribution is -0.140. The van der Waals surface area contributed by atoms with Crippen LogP contribution in [0, 0.1) is 11.8 Å². The fourth-order valence-electron chi connectivity index (χ4n) is 2.99. The smallest absolute Gasteiger partial charge is 0.225 e. The zero-order valence-electron chi connectivity index (χ0n) is 12.3. The third-order valence-electron chi connectivity index (χ3n) is 4.11. The average Bonchev–Trinajstić information content (AvgIpc) is 2.75. The molecule has 1 amide bonds. The predicted octanol–water partition coefficient (Wildman–Crippen LogP) is 2.23. The Bertz CT molecular complexity index is 638. The molecule has 1 aliphatic rings.